The Hall–Kier alpha value is -2.42. The highest BCUT2D eigenvalue weighted by atomic mass is 16.7. The average Bonchev–Trinajstić information content (AvgIpc) is 3.18. The molecule has 0 aliphatic carbocycles. The molecule has 2 aromatic rings. The van der Waals surface area contributed by atoms with Crippen molar-refractivity contribution in [1.82, 2.24) is 5.16 Å². The number of aromatic nitrogens is 1. The fraction of sp³-hybridized carbons (Fsp3) is 0.565. The van der Waals surface area contributed by atoms with E-state index in [1.165, 1.54) is 7.11 Å². The van der Waals surface area contributed by atoms with Gasteiger partial charge >= 0.3 is 5.97 Å². The van der Waals surface area contributed by atoms with Gasteiger partial charge in [-0.15, -0.1) is 0 Å². The molecule has 3 heterocycles. The van der Waals surface area contributed by atoms with Gasteiger partial charge in [0.2, 0.25) is 0 Å². The third kappa shape index (κ3) is 5.44. The van der Waals surface area contributed by atoms with E-state index < -0.39 is 0 Å². The van der Waals surface area contributed by atoms with E-state index in [9.17, 15) is 4.79 Å². The fourth-order valence-corrected chi connectivity index (χ4v) is 3.89. The van der Waals surface area contributed by atoms with E-state index in [1.54, 1.807) is 0 Å². The van der Waals surface area contributed by atoms with E-state index in [4.69, 9.17) is 28.2 Å². The van der Waals surface area contributed by atoms with E-state index in [2.05, 4.69) is 5.16 Å². The summed E-state index contributed by atoms with van der Waals surface area (Å²) in [6.45, 7) is 3.86. The smallest absolute Gasteiger partial charge is 0.311 e. The van der Waals surface area contributed by atoms with E-state index in [1.807, 2.05) is 31.2 Å². The summed E-state index contributed by atoms with van der Waals surface area (Å²) in [5, 5.41) is 4.12. The van der Waals surface area contributed by atoms with Crippen molar-refractivity contribution in [1.29, 1.82) is 0 Å². The summed E-state index contributed by atoms with van der Waals surface area (Å²) >= 11 is 0. The van der Waals surface area contributed by atoms with Crippen molar-refractivity contribution in [2.24, 2.45) is 5.92 Å². The maximum Gasteiger partial charge on any atom is 0.311 e. The van der Waals surface area contributed by atoms with Gasteiger partial charge in [-0.1, -0.05) is 5.16 Å². The number of rotatable bonds is 7. The zero-order chi connectivity index (χ0) is 21.6. The van der Waals surface area contributed by atoms with Crippen LogP contribution in [0.1, 0.15) is 36.9 Å². The fourth-order valence-electron chi connectivity index (χ4n) is 3.89. The zero-order valence-corrected chi connectivity index (χ0v) is 18.0. The number of ether oxygens (including phenoxy) is 5. The van der Waals surface area contributed by atoms with E-state index >= 15 is 0 Å². The molecule has 1 unspecified atom stereocenters. The van der Waals surface area contributed by atoms with E-state index in [0.717, 1.165) is 42.7 Å². The summed E-state index contributed by atoms with van der Waals surface area (Å²) < 4.78 is 33.5. The van der Waals surface area contributed by atoms with Crippen molar-refractivity contribution in [2.45, 2.75) is 51.6 Å². The third-order valence-electron chi connectivity index (χ3n) is 5.66. The van der Waals surface area contributed by atoms with Gasteiger partial charge in [-0.2, -0.15) is 0 Å². The summed E-state index contributed by atoms with van der Waals surface area (Å²) in [6.07, 6.45) is 3.32. The summed E-state index contributed by atoms with van der Waals surface area (Å²) in [7, 11) is 1.39. The number of methoxy groups -OCH3 is 1. The molecular weight excluding hydrogens is 402 g/mol. The topological polar surface area (TPSA) is 89.3 Å². The number of carbonyl (C=O) groups excluding carboxylic acids is 1. The maximum atomic E-state index is 11.8. The van der Waals surface area contributed by atoms with Crippen LogP contribution in [-0.2, 0) is 30.3 Å². The molecule has 2 fully saturated rings. The first-order valence-corrected chi connectivity index (χ1v) is 10.7. The molecule has 0 saturated carbocycles. The second kappa shape index (κ2) is 10.3. The van der Waals surface area contributed by atoms with Crippen LogP contribution in [0.3, 0.4) is 0 Å². The largest absolute Gasteiger partial charge is 0.488 e. The Labute approximate surface area is 181 Å². The molecule has 8 heteroatoms. The summed E-state index contributed by atoms with van der Waals surface area (Å²) in [5.41, 5.74) is 2.62. The van der Waals surface area contributed by atoms with Crippen molar-refractivity contribution in [2.75, 3.05) is 26.9 Å². The number of hydrogen-bond acceptors (Lipinski definition) is 8. The van der Waals surface area contributed by atoms with Crippen LogP contribution in [0.15, 0.2) is 28.8 Å². The summed E-state index contributed by atoms with van der Waals surface area (Å²) in [5.74, 6) is 0.827. The predicted octanol–water partition coefficient (Wildman–Crippen LogP) is 3.65. The molecule has 2 aliphatic heterocycles. The highest BCUT2D eigenvalue weighted by Crippen LogP contribution is 2.30. The molecule has 0 bridgehead atoms. The van der Waals surface area contributed by atoms with Gasteiger partial charge in [0, 0.05) is 24.2 Å². The highest BCUT2D eigenvalue weighted by molar-refractivity contribution is 5.72. The van der Waals surface area contributed by atoms with Crippen molar-refractivity contribution < 1.29 is 33.0 Å². The third-order valence-corrected chi connectivity index (χ3v) is 5.66. The summed E-state index contributed by atoms with van der Waals surface area (Å²) in [6, 6.07) is 7.61. The molecule has 3 atom stereocenters. The molecule has 1 aromatic carbocycles. The number of nitrogens with zero attached hydrogens (tertiary/aromatic N) is 1. The molecule has 2 saturated heterocycles. The van der Waals surface area contributed by atoms with Crippen molar-refractivity contribution in [3.63, 3.8) is 0 Å². The zero-order valence-electron chi connectivity index (χ0n) is 18.0. The monoisotopic (exact) mass is 431 g/mol. The van der Waals surface area contributed by atoms with Gasteiger partial charge < -0.3 is 28.2 Å². The average molecular weight is 431 g/mol. The minimum absolute atomic E-state index is 0.168. The molecule has 2 aliphatic rings. The van der Waals surface area contributed by atoms with E-state index in [0.29, 0.717) is 37.8 Å². The van der Waals surface area contributed by atoms with Gasteiger partial charge in [-0.25, -0.2) is 0 Å². The Kier molecular flexibility index (Phi) is 7.21. The van der Waals surface area contributed by atoms with Crippen LogP contribution in [0, 0.1) is 12.8 Å². The first kappa shape index (κ1) is 21.8. The standard InChI is InChI=1S/C23H29NO7/c1-15-20(14-29-21-5-3-4-10-28-21)22(31-24-15)16-6-8-18(9-7-16)30-19-11-17(12-27-13-19)23(25)26-2/h6-9,17,19,21H,3-5,10-14H2,1-2H3/t17-,19-,21?/m0/s1. The van der Waals surface area contributed by atoms with Gasteiger partial charge in [-0.3, -0.25) is 4.79 Å². The van der Waals surface area contributed by atoms with Crippen LogP contribution in [0.2, 0.25) is 0 Å². The first-order chi connectivity index (χ1) is 15.1. The molecule has 0 amide bonds. The quantitative estimate of drug-likeness (QED) is 0.614. The van der Waals surface area contributed by atoms with Gasteiger partial charge in [0.1, 0.15) is 11.9 Å². The van der Waals surface area contributed by atoms with Gasteiger partial charge in [0.15, 0.2) is 12.1 Å². The molecule has 168 valence electrons. The molecule has 0 spiro atoms. The maximum absolute atomic E-state index is 11.8. The van der Waals surface area contributed by atoms with Crippen molar-refractivity contribution in [3.05, 3.63) is 35.5 Å². The van der Waals surface area contributed by atoms with Crippen LogP contribution in [0.5, 0.6) is 5.75 Å². The minimum Gasteiger partial charge on any atom is -0.488 e. The van der Waals surface area contributed by atoms with Crippen LogP contribution in [0.25, 0.3) is 11.3 Å². The number of carbonyl (C=O) groups is 1. The molecule has 0 radical (unpaired) electrons. The Morgan fingerprint density at radius 2 is 2.03 bits per heavy atom. The Balaban J connectivity index is 1.38. The lowest BCUT2D eigenvalue weighted by atomic mass is 10.0. The Morgan fingerprint density at radius 3 is 2.77 bits per heavy atom. The van der Waals surface area contributed by atoms with Crippen molar-refractivity contribution >= 4 is 5.97 Å². The molecule has 4 rings (SSSR count). The SMILES string of the molecule is COC(=O)[C@@H]1COC[C@@H](Oc2ccc(-c3onc(C)c3COC3CCCCO3)cc2)C1. The van der Waals surface area contributed by atoms with Crippen LogP contribution >= 0.6 is 0 Å². The molecule has 0 N–H and O–H groups in total. The van der Waals surface area contributed by atoms with Gasteiger partial charge in [-0.05, 0) is 50.5 Å². The Bertz CT molecular complexity index is 857. The molecule has 31 heavy (non-hydrogen) atoms. The second-order valence-electron chi connectivity index (χ2n) is 7.94. The minimum atomic E-state index is -0.295. The summed E-state index contributed by atoms with van der Waals surface area (Å²) in [4.78, 5) is 11.8. The number of hydrogen-bond donors (Lipinski definition) is 0. The lowest BCUT2D eigenvalue weighted by molar-refractivity contribution is -0.168. The van der Waals surface area contributed by atoms with Crippen LogP contribution in [0.4, 0.5) is 0 Å². The molecule has 1 aromatic heterocycles. The lowest BCUT2D eigenvalue weighted by Gasteiger charge is -2.28. The molecular formula is C23H29NO7. The number of esters is 1. The number of benzene rings is 1. The normalized spacial score (nSPS) is 24.0. The second-order valence-corrected chi connectivity index (χ2v) is 7.94. The highest BCUT2D eigenvalue weighted by Gasteiger charge is 2.30. The number of aryl methyl sites for hydroxylation is 1. The van der Waals surface area contributed by atoms with Crippen molar-refractivity contribution in [3.8, 4) is 17.1 Å². The van der Waals surface area contributed by atoms with Crippen LogP contribution in [-0.4, -0.2) is 50.5 Å². The van der Waals surface area contributed by atoms with Gasteiger partial charge in [0.05, 0.1) is 38.5 Å². The molecule has 8 nitrogen and oxygen atoms in total. The van der Waals surface area contributed by atoms with Gasteiger partial charge in [0.25, 0.3) is 0 Å². The lowest BCUT2D eigenvalue weighted by Crippen LogP contribution is -2.37. The predicted molar refractivity (Wildman–Crippen MR) is 110 cm³/mol. The van der Waals surface area contributed by atoms with E-state index in [-0.39, 0.29) is 24.3 Å². The first-order valence-electron chi connectivity index (χ1n) is 10.7. The van der Waals surface area contributed by atoms with Crippen LogP contribution < -0.4 is 4.74 Å². The Morgan fingerprint density at radius 1 is 1.19 bits per heavy atom.